The summed E-state index contributed by atoms with van der Waals surface area (Å²) in [6.07, 6.45) is -0.292. The van der Waals surface area contributed by atoms with Crippen molar-refractivity contribution in [2.45, 2.75) is 31.4 Å². The van der Waals surface area contributed by atoms with Crippen LogP contribution in [0.15, 0.2) is 24.3 Å². The molecule has 1 aromatic carbocycles. The number of halogens is 1. The second kappa shape index (κ2) is 2.65. The molecule has 84 valence electrons. The van der Waals surface area contributed by atoms with Crippen molar-refractivity contribution in [1.82, 2.24) is 0 Å². The van der Waals surface area contributed by atoms with Gasteiger partial charge in [-0.15, -0.1) is 0 Å². The molecule has 16 heavy (non-hydrogen) atoms. The number of alkyl halides is 1. The predicted molar refractivity (Wildman–Crippen MR) is 57.1 cm³/mol. The zero-order valence-corrected chi connectivity index (χ0v) is 9.03. The molecule has 3 heteroatoms. The molecule has 0 radical (unpaired) electrons. The maximum absolute atomic E-state index is 14.0. The lowest BCUT2D eigenvalue weighted by Crippen LogP contribution is -2.77. The van der Waals surface area contributed by atoms with Crippen LogP contribution in [-0.2, 0) is 10.2 Å². The molecule has 0 aromatic heterocycles. The van der Waals surface area contributed by atoms with Crippen molar-refractivity contribution in [3.8, 4) is 0 Å². The number of carbonyl (C=O) groups is 1. The highest BCUT2D eigenvalue weighted by atomic mass is 19.1. The van der Waals surface area contributed by atoms with Crippen LogP contribution >= 0.6 is 0 Å². The third-order valence-corrected chi connectivity index (χ3v) is 4.25. The smallest absolute Gasteiger partial charge is 0.312 e. The van der Waals surface area contributed by atoms with E-state index in [-0.39, 0.29) is 0 Å². The average molecular weight is 220 g/mol. The molecular formula is C13H13FO2. The van der Waals surface area contributed by atoms with E-state index in [1.54, 1.807) is 0 Å². The lowest BCUT2D eigenvalue weighted by Gasteiger charge is -2.70. The molecule has 1 N–H and O–H groups in total. The fraction of sp³-hybridized carbons (Fsp3) is 0.462. The summed E-state index contributed by atoms with van der Waals surface area (Å²) in [4.78, 5) is 11.0. The molecule has 3 aliphatic carbocycles. The van der Waals surface area contributed by atoms with E-state index in [2.05, 4.69) is 0 Å². The summed E-state index contributed by atoms with van der Waals surface area (Å²) in [5.41, 5.74) is 0.496. The van der Waals surface area contributed by atoms with Crippen molar-refractivity contribution in [1.29, 1.82) is 0 Å². The van der Waals surface area contributed by atoms with Crippen molar-refractivity contribution in [2.24, 2.45) is 5.41 Å². The summed E-state index contributed by atoms with van der Waals surface area (Å²) in [6, 6.07) is 7.75. The molecular weight excluding hydrogens is 207 g/mol. The quantitative estimate of drug-likeness (QED) is 0.831. The second-order valence-corrected chi connectivity index (χ2v) is 5.20. The summed E-state index contributed by atoms with van der Waals surface area (Å²) in [5.74, 6) is -0.977. The maximum atomic E-state index is 14.0. The van der Waals surface area contributed by atoms with E-state index in [1.165, 1.54) is 0 Å². The third-order valence-electron chi connectivity index (χ3n) is 4.25. The number of aryl methyl sites for hydroxylation is 1. The molecule has 3 fully saturated rings. The Morgan fingerprint density at radius 3 is 2.69 bits per heavy atom. The molecule has 2 nitrogen and oxygen atoms in total. The summed E-state index contributed by atoms with van der Waals surface area (Å²) in [6.45, 7) is 1.97. The Bertz CT molecular complexity index is 475. The summed E-state index contributed by atoms with van der Waals surface area (Å²) >= 11 is 0. The molecule has 1 atom stereocenters. The van der Waals surface area contributed by atoms with Crippen LogP contribution in [0, 0.1) is 12.3 Å². The van der Waals surface area contributed by atoms with E-state index in [1.807, 2.05) is 31.2 Å². The van der Waals surface area contributed by atoms with Gasteiger partial charge in [-0.05, 0) is 25.3 Å². The number of rotatable bonds is 2. The van der Waals surface area contributed by atoms with Gasteiger partial charge in [0.1, 0.15) is 11.6 Å². The zero-order chi connectivity index (χ0) is 11.6. The minimum Gasteiger partial charge on any atom is -0.481 e. The Morgan fingerprint density at radius 1 is 1.50 bits per heavy atom. The molecule has 0 heterocycles. The first-order valence-electron chi connectivity index (χ1n) is 5.46. The van der Waals surface area contributed by atoms with Gasteiger partial charge in [-0.25, -0.2) is 4.39 Å². The van der Waals surface area contributed by atoms with Gasteiger partial charge in [0.15, 0.2) is 0 Å². The maximum Gasteiger partial charge on any atom is 0.312 e. The number of benzene rings is 1. The van der Waals surface area contributed by atoms with Crippen LogP contribution < -0.4 is 0 Å². The second-order valence-electron chi connectivity index (χ2n) is 5.20. The summed E-state index contributed by atoms with van der Waals surface area (Å²) in [7, 11) is 0. The van der Waals surface area contributed by atoms with Crippen LogP contribution in [0.3, 0.4) is 0 Å². The first-order valence-corrected chi connectivity index (χ1v) is 5.46. The Morgan fingerprint density at radius 2 is 2.19 bits per heavy atom. The van der Waals surface area contributed by atoms with Crippen LogP contribution in [0.25, 0.3) is 0 Å². The van der Waals surface area contributed by atoms with Crippen LogP contribution in [-0.4, -0.2) is 17.2 Å². The Balaban J connectivity index is 1.94. The van der Waals surface area contributed by atoms with Gasteiger partial charge in [-0.3, -0.25) is 4.79 Å². The molecule has 0 saturated heterocycles. The monoisotopic (exact) mass is 220 g/mol. The van der Waals surface area contributed by atoms with E-state index in [0.717, 1.165) is 11.1 Å². The highest BCUT2D eigenvalue weighted by Crippen LogP contribution is 2.74. The topological polar surface area (TPSA) is 37.3 Å². The standard InChI is InChI=1S/C13H13FO2/c1-8-3-2-4-9(5-8)12-6-13(7-12,10(12)14)11(15)16/h2-5,10H,6-7H2,1H3,(H,15,16). The van der Waals surface area contributed by atoms with Crippen molar-refractivity contribution in [3.63, 3.8) is 0 Å². The molecule has 3 saturated carbocycles. The van der Waals surface area contributed by atoms with Gasteiger partial charge in [-0.1, -0.05) is 29.8 Å². The third kappa shape index (κ3) is 0.856. The number of hydrogen-bond donors (Lipinski definition) is 1. The molecule has 3 aliphatic rings. The molecule has 1 unspecified atom stereocenters. The predicted octanol–water partition coefficient (Wildman–Crippen LogP) is 2.45. The molecule has 0 amide bonds. The zero-order valence-electron chi connectivity index (χ0n) is 9.03. The van der Waals surface area contributed by atoms with Gasteiger partial charge < -0.3 is 5.11 Å². The van der Waals surface area contributed by atoms with Crippen molar-refractivity contribution in [2.75, 3.05) is 0 Å². The van der Waals surface area contributed by atoms with Gasteiger partial charge in [0, 0.05) is 5.41 Å². The van der Waals surface area contributed by atoms with Crippen molar-refractivity contribution >= 4 is 5.97 Å². The largest absolute Gasteiger partial charge is 0.481 e. The van der Waals surface area contributed by atoms with Crippen LogP contribution in [0.5, 0.6) is 0 Å². The van der Waals surface area contributed by atoms with E-state index >= 15 is 0 Å². The minimum absolute atomic E-state index is 0.458. The number of carboxylic acid groups (broad SMARTS) is 1. The molecule has 1 aromatic rings. The first kappa shape index (κ1) is 9.82. The Kier molecular flexibility index (Phi) is 1.63. The lowest BCUT2D eigenvalue weighted by atomic mass is 9.32. The number of carboxylic acids is 1. The molecule has 4 rings (SSSR count). The van der Waals surface area contributed by atoms with Crippen LogP contribution in [0.1, 0.15) is 24.0 Å². The highest BCUT2D eigenvalue weighted by molar-refractivity contribution is 5.82. The van der Waals surface area contributed by atoms with E-state index in [4.69, 9.17) is 5.11 Å². The SMILES string of the molecule is Cc1cccc(C23CC(C(=O)O)(C2)C3F)c1. The van der Waals surface area contributed by atoms with Gasteiger partial charge in [0.2, 0.25) is 0 Å². The highest BCUT2D eigenvalue weighted by Gasteiger charge is 2.81. The summed E-state index contributed by atoms with van der Waals surface area (Å²) in [5, 5.41) is 8.98. The first-order chi connectivity index (χ1) is 7.51. The van der Waals surface area contributed by atoms with Gasteiger partial charge in [0.25, 0.3) is 0 Å². The molecule has 0 aliphatic heterocycles. The normalized spacial score (nSPS) is 39.8. The molecule has 2 bridgehead atoms. The summed E-state index contributed by atoms with van der Waals surface area (Å²) < 4.78 is 14.0. The van der Waals surface area contributed by atoms with Crippen LogP contribution in [0.4, 0.5) is 4.39 Å². The number of hydrogen-bond acceptors (Lipinski definition) is 1. The van der Waals surface area contributed by atoms with Gasteiger partial charge in [-0.2, -0.15) is 0 Å². The molecule has 0 spiro atoms. The lowest BCUT2D eigenvalue weighted by molar-refractivity contribution is -0.237. The van der Waals surface area contributed by atoms with Gasteiger partial charge in [0.05, 0.1) is 0 Å². The fourth-order valence-corrected chi connectivity index (χ4v) is 3.26. The number of aliphatic carboxylic acids is 1. The Labute approximate surface area is 93.1 Å². The Hall–Kier alpha value is -1.38. The minimum atomic E-state index is -1.21. The fourth-order valence-electron chi connectivity index (χ4n) is 3.26. The van der Waals surface area contributed by atoms with Crippen molar-refractivity contribution in [3.05, 3.63) is 35.4 Å². The van der Waals surface area contributed by atoms with E-state index < -0.39 is 23.0 Å². The average Bonchev–Trinajstić information content (AvgIpc) is 2.15. The van der Waals surface area contributed by atoms with E-state index in [0.29, 0.717) is 12.8 Å². The van der Waals surface area contributed by atoms with Gasteiger partial charge >= 0.3 is 5.97 Å². The van der Waals surface area contributed by atoms with E-state index in [9.17, 15) is 9.18 Å². The van der Waals surface area contributed by atoms with Crippen LogP contribution in [0.2, 0.25) is 0 Å². The van der Waals surface area contributed by atoms with Crippen molar-refractivity contribution < 1.29 is 14.3 Å².